The molecule has 0 radical (unpaired) electrons. The molecule has 3 rings (SSSR count). The van der Waals surface area contributed by atoms with Crippen molar-refractivity contribution >= 4 is 16.8 Å². The Balaban J connectivity index is 2.01. The van der Waals surface area contributed by atoms with Gasteiger partial charge in [0, 0.05) is 17.4 Å². The minimum atomic E-state index is -4.78. The predicted molar refractivity (Wildman–Crippen MR) is 85.9 cm³/mol. The van der Waals surface area contributed by atoms with Crippen LogP contribution in [0.5, 0.6) is 5.75 Å². The Kier molecular flexibility index (Phi) is 4.50. The first-order valence-corrected chi connectivity index (χ1v) is 7.41. The monoisotopic (exact) mass is 366 g/mol. The fourth-order valence-electron chi connectivity index (χ4n) is 2.32. The molecule has 0 spiro atoms. The maximum absolute atomic E-state index is 12.6. The number of alkyl halides is 3. The van der Waals surface area contributed by atoms with Crippen LogP contribution in [0.25, 0.3) is 16.8 Å². The lowest BCUT2D eigenvalue weighted by Crippen LogP contribution is -2.17. The molecule has 0 aliphatic heterocycles. The van der Waals surface area contributed by atoms with E-state index in [0.717, 1.165) is 0 Å². The van der Waals surface area contributed by atoms with E-state index < -0.39 is 11.6 Å². The number of aromatic nitrogens is 2. The summed E-state index contributed by atoms with van der Waals surface area (Å²) in [7, 11) is 0. The molecule has 2 aromatic carbocycles. The minimum absolute atomic E-state index is 0.0767. The number of rotatable bonds is 4. The molecule has 4 nitrogen and oxygen atoms in total. The molecule has 128 valence electrons. The van der Waals surface area contributed by atoms with Crippen LogP contribution >= 0.6 is 11.6 Å². The van der Waals surface area contributed by atoms with Gasteiger partial charge in [-0.05, 0) is 35.4 Å². The molecule has 0 fully saturated rings. The second-order valence-electron chi connectivity index (χ2n) is 5.03. The van der Waals surface area contributed by atoms with E-state index in [1.165, 1.54) is 30.7 Å². The minimum Gasteiger partial charge on any atom is -0.405 e. The van der Waals surface area contributed by atoms with Crippen molar-refractivity contribution in [1.82, 2.24) is 9.55 Å². The van der Waals surface area contributed by atoms with Gasteiger partial charge in [0.25, 0.3) is 5.24 Å². The highest BCUT2D eigenvalue weighted by Crippen LogP contribution is 2.34. The van der Waals surface area contributed by atoms with E-state index in [-0.39, 0.29) is 17.0 Å². The molecule has 8 heteroatoms. The Labute approximate surface area is 145 Å². The van der Waals surface area contributed by atoms with Crippen molar-refractivity contribution in [1.29, 1.82) is 0 Å². The molecule has 0 bridgehead atoms. The maximum atomic E-state index is 12.6. The highest BCUT2D eigenvalue weighted by atomic mass is 35.5. The van der Waals surface area contributed by atoms with E-state index >= 15 is 0 Å². The average molecular weight is 367 g/mol. The number of imidazole rings is 1. The molecule has 0 saturated carbocycles. The third-order valence-electron chi connectivity index (χ3n) is 3.35. The number of carbonyl (C=O) groups excluding carboxylic acids is 1. The van der Waals surface area contributed by atoms with Crippen LogP contribution in [-0.4, -0.2) is 21.2 Å². The summed E-state index contributed by atoms with van der Waals surface area (Å²) in [6, 6.07) is 12.6. The van der Waals surface area contributed by atoms with Gasteiger partial charge in [0.1, 0.15) is 17.8 Å². The summed E-state index contributed by atoms with van der Waals surface area (Å²) in [5, 5.41) is -0.696. The third kappa shape index (κ3) is 4.00. The zero-order valence-corrected chi connectivity index (χ0v) is 13.3. The van der Waals surface area contributed by atoms with E-state index in [4.69, 9.17) is 11.6 Å². The predicted octanol–water partition coefficient (Wildman–Crippen LogP) is 4.82. The number of halogens is 4. The molecule has 3 aromatic rings. The Morgan fingerprint density at radius 1 is 1.12 bits per heavy atom. The van der Waals surface area contributed by atoms with E-state index in [2.05, 4.69) is 9.72 Å². The van der Waals surface area contributed by atoms with Gasteiger partial charge in [0.2, 0.25) is 0 Å². The van der Waals surface area contributed by atoms with Crippen LogP contribution in [0, 0.1) is 0 Å². The molecule has 0 unspecified atom stereocenters. The number of hydrogen-bond donors (Lipinski definition) is 0. The van der Waals surface area contributed by atoms with Crippen molar-refractivity contribution in [2.24, 2.45) is 0 Å². The number of nitrogens with zero attached hydrogens (tertiary/aromatic N) is 2. The van der Waals surface area contributed by atoms with Crippen LogP contribution in [0.2, 0.25) is 0 Å². The summed E-state index contributed by atoms with van der Waals surface area (Å²) >= 11 is 5.38. The molecule has 0 N–H and O–H groups in total. The first kappa shape index (κ1) is 17.0. The summed E-state index contributed by atoms with van der Waals surface area (Å²) in [6.07, 6.45) is -1.95. The van der Waals surface area contributed by atoms with E-state index in [9.17, 15) is 18.0 Å². The first-order valence-electron chi connectivity index (χ1n) is 7.03. The van der Waals surface area contributed by atoms with Gasteiger partial charge in [0.05, 0.1) is 0 Å². The fraction of sp³-hybridized carbons (Fsp3) is 0.0588. The van der Waals surface area contributed by atoms with Crippen LogP contribution in [0.4, 0.5) is 13.2 Å². The highest BCUT2D eigenvalue weighted by Gasteiger charge is 2.32. The van der Waals surface area contributed by atoms with Gasteiger partial charge < -0.3 is 9.30 Å². The Morgan fingerprint density at radius 2 is 1.88 bits per heavy atom. The number of carbonyl (C=O) groups is 1. The van der Waals surface area contributed by atoms with Crippen molar-refractivity contribution in [3.05, 3.63) is 66.7 Å². The molecule has 0 amide bonds. The molecule has 0 atom stereocenters. The Bertz CT molecular complexity index is 922. The first-order chi connectivity index (χ1) is 11.8. The van der Waals surface area contributed by atoms with Gasteiger partial charge in [0.15, 0.2) is 0 Å². The summed E-state index contributed by atoms with van der Waals surface area (Å²) in [5.74, 6) is -0.297. The van der Waals surface area contributed by atoms with E-state index in [1.54, 1.807) is 34.9 Å². The van der Waals surface area contributed by atoms with Crippen LogP contribution in [-0.2, 0) is 0 Å². The SMILES string of the molecule is O=C(Cl)c1cn(-c2cccc(-c3ccccc3OC(F)(F)F)c2)cn1. The summed E-state index contributed by atoms with van der Waals surface area (Å²) in [5.41, 5.74) is 1.49. The van der Waals surface area contributed by atoms with Gasteiger partial charge in [-0.25, -0.2) is 4.98 Å². The van der Waals surface area contributed by atoms with Gasteiger partial charge in [-0.15, -0.1) is 13.2 Å². The molecule has 1 aromatic heterocycles. The van der Waals surface area contributed by atoms with Gasteiger partial charge >= 0.3 is 6.36 Å². The van der Waals surface area contributed by atoms with Crippen molar-refractivity contribution in [3.63, 3.8) is 0 Å². The summed E-state index contributed by atoms with van der Waals surface area (Å²) in [4.78, 5) is 15.0. The molecule has 1 heterocycles. The third-order valence-corrected chi connectivity index (χ3v) is 3.55. The number of hydrogen-bond acceptors (Lipinski definition) is 3. The largest absolute Gasteiger partial charge is 0.573 e. The Morgan fingerprint density at radius 3 is 2.56 bits per heavy atom. The van der Waals surface area contributed by atoms with Crippen LogP contribution in [0.3, 0.4) is 0 Å². The quantitative estimate of drug-likeness (QED) is 0.622. The molecule has 0 aliphatic carbocycles. The second kappa shape index (κ2) is 6.60. The normalized spacial score (nSPS) is 11.4. The Hall–Kier alpha value is -2.80. The summed E-state index contributed by atoms with van der Waals surface area (Å²) in [6.45, 7) is 0. The number of para-hydroxylation sites is 1. The number of benzene rings is 2. The van der Waals surface area contributed by atoms with Crippen LogP contribution in [0.1, 0.15) is 10.5 Å². The highest BCUT2D eigenvalue weighted by molar-refractivity contribution is 6.67. The average Bonchev–Trinajstić information content (AvgIpc) is 3.04. The van der Waals surface area contributed by atoms with Gasteiger partial charge in [-0.1, -0.05) is 30.3 Å². The molecular weight excluding hydrogens is 357 g/mol. The van der Waals surface area contributed by atoms with E-state index in [1.807, 2.05) is 0 Å². The maximum Gasteiger partial charge on any atom is 0.573 e. The lowest BCUT2D eigenvalue weighted by atomic mass is 10.0. The fourth-order valence-corrected chi connectivity index (χ4v) is 2.42. The second-order valence-corrected chi connectivity index (χ2v) is 5.38. The van der Waals surface area contributed by atoms with Crippen LogP contribution < -0.4 is 4.74 Å². The van der Waals surface area contributed by atoms with Gasteiger partial charge in [-0.2, -0.15) is 0 Å². The molecule has 0 aliphatic rings. The van der Waals surface area contributed by atoms with Crippen molar-refractivity contribution < 1.29 is 22.7 Å². The lowest BCUT2D eigenvalue weighted by molar-refractivity contribution is -0.274. The van der Waals surface area contributed by atoms with Crippen LogP contribution in [0.15, 0.2) is 61.1 Å². The van der Waals surface area contributed by atoms with Gasteiger partial charge in [-0.3, -0.25) is 4.79 Å². The smallest absolute Gasteiger partial charge is 0.405 e. The van der Waals surface area contributed by atoms with Crippen molar-refractivity contribution in [3.8, 4) is 22.6 Å². The molecule has 0 saturated heterocycles. The topological polar surface area (TPSA) is 44.1 Å². The standard InChI is InChI=1S/C17H10ClF3N2O2/c18-16(24)14-9-23(10-22-14)12-5-3-4-11(8-12)13-6-1-2-7-15(13)25-17(19,20)21/h1-10H. The molecular formula is C17H10ClF3N2O2. The van der Waals surface area contributed by atoms with Crippen molar-refractivity contribution in [2.45, 2.75) is 6.36 Å². The van der Waals surface area contributed by atoms with Crippen molar-refractivity contribution in [2.75, 3.05) is 0 Å². The zero-order chi connectivity index (χ0) is 18.0. The lowest BCUT2D eigenvalue weighted by Gasteiger charge is -2.14. The molecule has 25 heavy (non-hydrogen) atoms. The zero-order valence-electron chi connectivity index (χ0n) is 12.5. The number of ether oxygens (including phenoxy) is 1. The van der Waals surface area contributed by atoms with E-state index in [0.29, 0.717) is 11.3 Å². The summed E-state index contributed by atoms with van der Waals surface area (Å²) < 4.78 is 43.4.